The smallest absolute Gasteiger partial charge is 0.416 e. The van der Waals surface area contributed by atoms with E-state index in [1.165, 1.54) is 16.7 Å². The van der Waals surface area contributed by atoms with Gasteiger partial charge >= 0.3 is 11.9 Å². The van der Waals surface area contributed by atoms with Crippen molar-refractivity contribution in [3.63, 3.8) is 0 Å². The van der Waals surface area contributed by atoms with Gasteiger partial charge in [-0.1, -0.05) is 6.07 Å². The second kappa shape index (κ2) is 4.16. The highest BCUT2D eigenvalue weighted by molar-refractivity contribution is 5.43. The van der Waals surface area contributed by atoms with Gasteiger partial charge in [-0.15, -0.1) is 0 Å². The number of fused-ring (bicyclic) bond motifs is 5. The van der Waals surface area contributed by atoms with Gasteiger partial charge in [-0.2, -0.15) is 13.2 Å². The van der Waals surface area contributed by atoms with Gasteiger partial charge in [-0.25, -0.2) is 9.36 Å². The van der Waals surface area contributed by atoms with Gasteiger partial charge in [0.25, 0.3) is 0 Å². The molecule has 2 N–H and O–H groups in total. The highest BCUT2D eigenvalue weighted by Gasteiger charge is 2.42. The zero-order valence-electron chi connectivity index (χ0n) is 11.3. The largest absolute Gasteiger partial charge is 0.493 e. The first-order valence-corrected chi connectivity index (χ1v) is 6.85. The number of nitrogens with one attached hydrogen (secondary N) is 1. The van der Waals surface area contributed by atoms with Crippen LogP contribution >= 0.6 is 0 Å². The minimum absolute atomic E-state index is 0.0126. The number of aromatic nitrogens is 2. The van der Waals surface area contributed by atoms with Crippen molar-refractivity contribution in [3.8, 4) is 11.6 Å². The SMILES string of the molecule is O=c1n(-c2cccc(C(F)(F)F)c2)c(O)c2n1[C@@H]1CN[C@H]2C1. The molecule has 2 bridgehead atoms. The van der Waals surface area contributed by atoms with Crippen molar-refractivity contribution in [2.24, 2.45) is 0 Å². The number of aromatic hydroxyl groups is 1. The lowest BCUT2D eigenvalue weighted by molar-refractivity contribution is -0.137. The first kappa shape index (κ1) is 13.4. The average Bonchev–Trinajstić information content (AvgIpc) is 3.12. The Balaban J connectivity index is 1.91. The summed E-state index contributed by atoms with van der Waals surface area (Å²) in [6, 6.07) is 4.23. The number of hydrogen-bond donors (Lipinski definition) is 2. The second-order valence-corrected chi connectivity index (χ2v) is 5.60. The molecule has 5 nitrogen and oxygen atoms in total. The molecular weight excluding hydrogens is 299 g/mol. The van der Waals surface area contributed by atoms with Crippen LogP contribution in [0.15, 0.2) is 29.1 Å². The summed E-state index contributed by atoms with van der Waals surface area (Å²) in [5.41, 5.74) is -0.887. The number of rotatable bonds is 1. The van der Waals surface area contributed by atoms with Crippen molar-refractivity contribution < 1.29 is 18.3 Å². The van der Waals surface area contributed by atoms with Gasteiger partial charge in [0.2, 0.25) is 5.88 Å². The van der Waals surface area contributed by atoms with E-state index < -0.39 is 17.4 Å². The molecule has 0 saturated carbocycles. The van der Waals surface area contributed by atoms with Gasteiger partial charge in [-0.05, 0) is 24.6 Å². The van der Waals surface area contributed by atoms with Crippen LogP contribution in [0.5, 0.6) is 5.88 Å². The van der Waals surface area contributed by atoms with Crippen molar-refractivity contribution in [2.45, 2.75) is 24.7 Å². The van der Waals surface area contributed by atoms with Crippen LogP contribution < -0.4 is 11.0 Å². The third-order valence-electron chi connectivity index (χ3n) is 4.33. The molecule has 8 heteroatoms. The Morgan fingerprint density at radius 3 is 2.77 bits per heavy atom. The summed E-state index contributed by atoms with van der Waals surface area (Å²) in [7, 11) is 0. The van der Waals surface area contributed by atoms with E-state index in [-0.39, 0.29) is 23.7 Å². The molecule has 2 aromatic rings. The van der Waals surface area contributed by atoms with E-state index in [1.807, 2.05) is 0 Å². The second-order valence-electron chi connectivity index (χ2n) is 5.60. The first-order valence-electron chi connectivity index (χ1n) is 6.85. The van der Waals surface area contributed by atoms with Crippen LogP contribution in [0.25, 0.3) is 5.69 Å². The molecule has 22 heavy (non-hydrogen) atoms. The van der Waals surface area contributed by atoms with E-state index in [9.17, 15) is 23.1 Å². The summed E-state index contributed by atoms with van der Waals surface area (Å²) in [5, 5.41) is 13.5. The molecule has 1 saturated heterocycles. The van der Waals surface area contributed by atoms with Gasteiger partial charge in [0, 0.05) is 6.54 Å². The predicted molar refractivity (Wildman–Crippen MR) is 71.1 cm³/mol. The fourth-order valence-electron chi connectivity index (χ4n) is 3.38. The number of nitrogens with zero attached hydrogens (tertiary/aromatic N) is 2. The lowest BCUT2D eigenvalue weighted by Crippen LogP contribution is -2.31. The minimum Gasteiger partial charge on any atom is -0.493 e. The molecule has 1 aromatic carbocycles. The monoisotopic (exact) mass is 311 g/mol. The number of hydrogen-bond acceptors (Lipinski definition) is 3. The van der Waals surface area contributed by atoms with Gasteiger partial charge in [0.1, 0.15) is 5.69 Å². The van der Waals surface area contributed by atoms with Crippen LogP contribution in [0, 0.1) is 0 Å². The molecule has 116 valence electrons. The fraction of sp³-hybridized carbons (Fsp3) is 0.357. The Morgan fingerprint density at radius 1 is 1.32 bits per heavy atom. The van der Waals surface area contributed by atoms with Crippen LogP contribution in [0.1, 0.15) is 29.8 Å². The third kappa shape index (κ3) is 1.67. The molecule has 1 fully saturated rings. The summed E-state index contributed by atoms with van der Waals surface area (Å²) in [6.45, 7) is 0.629. The fourth-order valence-corrected chi connectivity index (χ4v) is 3.38. The number of alkyl halides is 3. The van der Waals surface area contributed by atoms with Gasteiger partial charge in [0.15, 0.2) is 0 Å². The summed E-state index contributed by atoms with van der Waals surface area (Å²) in [4.78, 5) is 12.5. The Bertz CT molecular complexity index is 822. The lowest BCUT2D eigenvalue weighted by Gasteiger charge is -2.13. The maximum Gasteiger partial charge on any atom is 0.416 e. The Morgan fingerprint density at radius 2 is 2.09 bits per heavy atom. The van der Waals surface area contributed by atoms with Crippen LogP contribution in [0.2, 0.25) is 0 Å². The van der Waals surface area contributed by atoms with Crippen LogP contribution in [0.4, 0.5) is 13.2 Å². The van der Waals surface area contributed by atoms with Crippen molar-refractivity contribution >= 4 is 0 Å². The molecule has 0 aliphatic carbocycles. The molecule has 4 rings (SSSR count). The highest BCUT2D eigenvalue weighted by atomic mass is 19.4. The molecule has 2 atom stereocenters. The summed E-state index contributed by atoms with van der Waals surface area (Å²) < 4.78 is 40.9. The van der Waals surface area contributed by atoms with Crippen LogP contribution in [-0.4, -0.2) is 20.8 Å². The quantitative estimate of drug-likeness (QED) is 0.846. The topological polar surface area (TPSA) is 59.2 Å². The molecule has 2 aliphatic rings. The van der Waals surface area contributed by atoms with Crippen molar-refractivity contribution in [3.05, 3.63) is 46.0 Å². The first-order chi connectivity index (χ1) is 10.4. The van der Waals surface area contributed by atoms with Crippen LogP contribution in [-0.2, 0) is 6.18 Å². The Kier molecular flexibility index (Phi) is 2.54. The van der Waals surface area contributed by atoms with E-state index in [0.29, 0.717) is 12.2 Å². The highest BCUT2D eigenvalue weighted by Crippen LogP contribution is 2.43. The zero-order chi connectivity index (χ0) is 15.6. The van der Waals surface area contributed by atoms with E-state index in [1.54, 1.807) is 0 Å². The van der Waals surface area contributed by atoms with Crippen molar-refractivity contribution in [1.29, 1.82) is 0 Å². The Hall–Kier alpha value is -2.22. The van der Waals surface area contributed by atoms with Crippen molar-refractivity contribution in [1.82, 2.24) is 14.5 Å². The maximum absolute atomic E-state index is 12.8. The molecule has 2 aliphatic heterocycles. The summed E-state index contributed by atoms with van der Waals surface area (Å²) in [6.07, 6.45) is -3.78. The van der Waals surface area contributed by atoms with Crippen molar-refractivity contribution in [2.75, 3.05) is 6.54 Å². The molecule has 0 amide bonds. The number of imidazole rings is 1. The molecular formula is C14H12F3N3O2. The molecule has 0 radical (unpaired) electrons. The van der Waals surface area contributed by atoms with Gasteiger partial charge < -0.3 is 10.4 Å². The molecule has 0 unspecified atom stereocenters. The lowest BCUT2D eigenvalue weighted by atomic mass is 10.2. The normalized spacial score (nSPS) is 23.0. The van der Waals surface area contributed by atoms with Gasteiger partial charge in [0.05, 0.1) is 23.3 Å². The number of halogens is 3. The summed E-state index contributed by atoms with van der Waals surface area (Å²) >= 11 is 0. The van der Waals surface area contributed by atoms with Gasteiger partial charge in [-0.3, -0.25) is 4.57 Å². The standard InChI is InChI=1S/C14H12F3N3O2/c15-14(16,17)7-2-1-3-8(4-7)20-12(21)11-10-5-9(6-18-10)19(11)13(20)22/h1-4,9-10,18,21H,5-6H2/t9-,10-/m0/s1. The molecule has 0 spiro atoms. The number of benzene rings is 1. The molecule has 3 heterocycles. The Labute approximate surface area is 122 Å². The van der Waals surface area contributed by atoms with E-state index in [2.05, 4.69) is 5.32 Å². The summed E-state index contributed by atoms with van der Waals surface area (Å²) in [5.74, 6) is -0.288. The van der Waals surface area contributed by atoms with E-state index >= 15 is 0 Å². The average molecular weight is 311 g/mol. The third-order valence-corrected chi connectivity index (χ3v) is 4.33. The van der Waals surface area contributed by atoms with E-state index in [0.717, 1.165) is 23.1 Å². The molecule has 1 aromatic heterocycles. The maximum atomic E-state index is 12.8. The predicted octanol–water partition coefficient (Wildman–Crippen LogP) is 1.95. The zero-order valence-corrected chi connectivity index (χ0v) is 11.3. The van der Waals surface area contributed by atoms with E-state index in [4.69, 9.17) is 0 Å². The minimum atomic E-state index is -4.50. The van der Waals surface area contributed by atoms with Crippen LogP contribution in [0.3, 0.4) is 0 Å².